The lowest BCUT2D eigenvalue weighted by Gasteiger charge is -2.35. The van der Waals surface area contributed by atoms with Crippen LogP contribution < -0.4 is 11.3 Å². The number of benzene rings is 2. The molecule has 2 aromatic carbocycles. The molecule has 4 rings (SSSR count). The van der Waals surface area contributed by atoms with Gasteiger partial charge in [-0.05, 0) is 49.0 Å². The van der Waals surface area contributed by atoms with E-state index in [1.165, 1.54) is 11.5 Å². The summed E-state index contributed by atoms with van der Waals surface area (Å²) in [5, 5.41) is 0.535. The number of carbonyl (C=O) groups excluding carboxylic acids is 1. The number of rotatable bonds is 8. The minimum atomic E-state index is -0.449. The van der Waals surface area contributed by atoms with Crippen molar-refractivity contribution in [2.75, 3.05) is 13.1 Å². The first kappa shape index (κ1) is 24.8. The zero-order chi connectivity index (χ0) is 25.1. The fourth-order valence-electron chi connectivity index (χ4n) is 4.39. The van der Waals surface area contributed by atoms with Crippen LogP contribution in [0.3, 0.4) is 0 Å². The summed E-state index contributed by atoms with van der Waals surface area (Å²) in [5.74, 6) is 0.408. The van der Waals surface area contributed by atoms with Gasteiger partial charge in [0.25, 0.3) is 11.5 Å². The predicted molar refractivity (Wildman–Crippen MR) is 141 cm³/mol. The van der Waals surface area contributed by atoms with Crippen LogP contribution in [0.4, 0.5) is 0 Å². The molecule has 8 heteroatoms. The van der Waals surface area contributed by atoms with Crippen LogP contribution in [0, 0.1) is 19.8 Å². The van der Waals surface area contributed by atoms with Crippen LogP contribution >= 0.6 is 11.5 Å². The molecule has 0 fully saturated rings. The Balaban J connectivity index is 1.91. The second-order valence-corrected chi connectivity index (χ2v) is 9.89. The number of nitrogens with two attached hydrogens (primary N) is 1. The summed E-state index contributed by atoms with van der Waals surface area (Å²) in [5.41, 5.74) is 9.16. The summed E-state index contributed by atoms with van der Waals surface area (Å²) in [6.45, 7) is 8.89. The number of hydrogen-bond donors (Lipinski definition) is 1. The van der Waals surface area contributed by atoms with E-state index in [0.29, 0.717) is 46.9 Å². The standard InChI is InChI=1S/C27H31N5O2S/c1-17(2)23(31(15-14-28)26(33)21-12-10-18(3)11-13-21)24-29-25-22(19(4)30-35-25)27(34)32(24)16-20-8-6-5-7-9-20/h5-13,17,23H,14-16,28H2,1-4H3. The second kappa shape index (κ2) is 10.5. The van der Waals surface area contributed by atoms with Crippen LogP contribution in [0.25, 0.3) is 10.2 Å². The Bertz CT molecular complexity index is 1380. The van der Waals surface area contributed by atoms with E-state index in [4.69, 9.17) is 10.7 Å². The molecule has 0 radical (unpaired) electrons. The molecule has 0 aliphatic heterocycles. The SMILES string of the molecule is Cc1ccc(C(=O)N(CCN)C(c2nc3snc(C)c3c(=O)n2Cc2ccccc2)C(C)C)cc1. The summed E-state index contributed by atoms with van der Waals surface area (Å²) < 4.78 is 6.09. The van der Waals surface area contributed by atoms with Gasteiger partial charge in [0, 0.05) is 18.7 Å². The zero-order valence-electron chi connectivity index (χ0n) is 20.6. The van der Waals surface area contributed by atoms with E-state index in [1.54, 1.807) is 9.47 Å². The Morgan fingerprint density at radius 3 is 2.40 bits per heavy atom. The molecule has 0 spiro atoms. The number of fused-ring (bicyclic) bond motifs is 1. The van der Waals surface area contributed by atoms with Crippen molar-refractivity contribution >= 4 is 27.7 Å². The molecular formula is C27H31N5O2S. The van der Waals surface area contributed by atoms with Crippen molar-refractivity contribution in [2.24, 2.45) is 11.7 Å². The van der Waals surface area contributed by atoms with Crippen LogP contribution in [0.15, 0.2) is 59.4 Å². The van der Waals surface area contributed by atoms with Crippen LogP contribution in [0.5, 0.6) is 0 Å². The minimum Gasteiger partial charge on any atom is -0.329 e. The van der Waals surface area contributed by atoms with Gasteiger partial charge in [-0.1, -0.05) is 61.9 Å². The van der Waals surface area contributed by atoms with E-state index >= 15 is 0 Å². The van der Waals surface area contributed by atoms with Gasteiger partial charge in [-0.15, -0.1) is 0 Å². The highest BCUT2D eigenvalue weighted by molar-refractivity contribution is 7.12. The number of amides is 1. The largest absolute Gasteiger partial charge is 0.329 e. The monoisotopic (exact) mass is 489 g/mol. The fourth-order valence-corrected chi connectivity index (χ4v) is 5.17. The van der Waals surface area contributed by atoms with E-state index in [2.05, 4.69) is 4.37 Å². The molecule has 1 unspecified atom stereocenters. The molecule has 182 valence electrons. The molecule has 2 aromatic heterocycles. The Hall–Kier alpha value is -3.36. The summed E-state index contributed by atoms with van der Waals surface area (Å²) in [6.07, 6.45) is 0. The highest BCUT2D eigenvalue weighted by Gasteiger charge is 2.33. The molecule has 2 heterocycles. The van der Waals surface area contributed by atoms with Crippen LogP contribution in [-0.4, -0.2) is 37.8 Å². The maximum absolute atomic E-state index is 13.8. The molecule has 0 aliphatic rings. The first-order valence-electron chi connectivity index (χ1n) is 11.8. The lowest BCUT2D eigenvalue weighted by molar-refractivity contribution is 0.0612. The van der Waals surface area contributed by atoms with Crippen molar-refractivity contribution in [1.29, 1.82) is 0 Å². The Kier molecular flexibility index (Phi) is 7.42. The summed E-state index contributed by atoms with van der Waals surface area (Å²) in [7, 11) is 0. The molecule has 2 N–H and O–H groups in total. The van der Waals surface area contributed by atoms with Crippen LogP contribution in [0.2, 0.25) is 0 Å². The molecule has 4 aromatic rings. The highest BCUT2D eigenvalue weighted by Crippen LogP contribution is 2.31. The van der Waals surface area contributed by atoms with E-state index in [9.17, 15) is 9.59 Å². The number of carbonyl (C=O) groups is 1. The smallest absolute Gasteiger partial charge is 0.264 e. The van der Waals surface area contributed by atoms with Gasteiger partial charge >= 0.3 is 0 Å². The van der Waals surface area contributed by atoms with Gasteiger partial charge in [0.15, 0.2) is 4.83 Å². The molecule has 0 bridgehead atoms. The van der Waals surface area contributed by atoms with Crippen molar-refractivity contribution in [1.82, 2.24) is 18.8 Å². The van der Waals surface area contributed by atoms with Gasteiger partial charge in [-0.3, -0.25) is 14.2 Å². The van der Waals surface area contributed by atoms with Crippen molar-refractivity contribution in [2.45, 2.75) is 40.3 Å². The Labute approximate surface area is 209 Å². The fraction of sp³-hybridized carbons (Fsp3) is 0.333. The zero-order valence-corrected chi connectivity index (χ0v) is 21.4. The van der Waals surface area contributed by atoms with E-state index < -0.39 is 6.04 Å². The molecule has 35 heavy (non-hydrogen) atoms. The normalized spacial score (nSPS) is 12.3. The van der Waals surface area contributed by atoms with Crippen molar-refractivity contribution in [3.63, 3.8) is 0 Å². The first-order valence-corrected chi connectivity index (χ1v) is 12.6. The van der Waals surface area contributed by atoms with E-state index in [-0.39, 0.29) is 17.4 Å². The number of nitrogens with zero attached hydrogens (tertiary/aromatic N) is 4. The third-order valence-corrected chi connectivity index (χ3v) is 6.97. The third-order valence-electron chi connectivity index (χ3n) is 6.14. The second-order valence-electron chi connectivity index (χ2n) is 9.14. The molecule has 1 amide bonds. The van der Waals surface area contributed by atoms with Crippen molar-refractivity contribution in [3.8, 4) is 0 Å². The third kappa shape index (κ3) is 5.04. The predicted octanol–water partition coefficient (Wildman–Crippen LogP) is 4.32. The molecule has 0 saturated carbocycles. The van der Waals surface area contributed by atoms with Gasteiger partial charge in [0.1, 0.15) is 5.82 Å². The quantitative estimate of drug-likeness (QED) is 0.398. The van der Waals surface area contributed by atoms with Gasteiger partial charge in [0.05, 0.1) is 23.7 Å². The lowest BCUT2D eigenvalue weighted by Crippen LogP contribution is -2.43. The highest BCUT2D eigenvalue weighted by atomic mass is 32.1. The maximum atomic E-state index is 13.8. The van der Waals surface area contributed by atoms with Gasteiger partial charge < -0.3 is 10.6 Å². The first-order chi connectivity index (χ1) is 16.8. The maximum Gasteiger partial charge on any atom is 0.264 e. The molecule has 1 atom stereocenters. The van der Waals surface area contributed by atoms with Crippen molar-refractivity contribution < 1.29 is 4.79 Å². The van der Waals surface area contributed by atoms with Crippen molar-refractivity contribution in [3.05, 3.63) is 93.2 Å². The molecule has 7 nitrogen and oxygen atoms in total. The summed E-state index contributed by atoms with van der Waals surface area (Å²) in [6, 6.07) is 16.9. The number of aryl methyl sites for hydroxylation is 2. The molecule has 0 saturated heterocycles. The molecular weight excluding hydrogens is 458 g/mol. The van der Waals surface area contributed by atoms with E-state index in [1.807, 2.05) is 82.3 Å². The minimum absolute atomic E-state index is 0.0173. The van der Waals surface area contributed by atoms with Gasteiger partial charge in [0.2, 0.25) is 0 Å². The average Bonchev–Trinajstić information content (AvgIpc) is 3.22. The van der Waals surface area contributed by atoms with E-state index in [0.717, 1.165) is 11.1 Å². The molecule has 0 aliphatic carbocycles. The van der Waals surface area contributed by atoms with Gasteiger partial charge in [-0.2, -0.15) is 4.37 Å². The van der Waals surface area contributed by atoms with Crippen LogP contribution in [-0.2, 0) is 6.54 Å². The topological polar surface area (TPSA) is 94.1 Å². The average molecular weight is 490 g/mol. The summed E-state index contributed by atoms with van der Waals surface area (Å²) >= 11 is 1.22. The van der Waals surface area contributed by atoms with Crippen LogP contribution in [0.1, 0.15) is 52.9 Å². The van der Waals surface area contributed by atoms with Gasteiger partial charge in [-0.25, -0.2) is 4.98 Å². The Morgan fingerprint density at radius 2 is 1.77 bits per heavy atom. The number of aromatic nitrogens is 3. The lowest BCUT2D eigenvalue weighted by atomic mass is 9.99. The Morgan fingerprint density at radius 1 is 1.09 bits per heavy atom. The summed E-state index contributed by atoms with van der Waals surface area (Å²) in [4.78, 5) is 34.8. The number of hydrogen-bond acceptors (Lipinski definition) is 6.